The fourth-order valence-electron chi connectivity index (χ4n) is 4.28. The van der Waals surface area contributed by atoms with Crippen molar-refractivity contribution in [3.63, 3.8) is 0 Å². The van der Waals surface area contributed by atoms with Crippen LogP contribution in [0.1, 0.15) is 38.8 Å². The van der Waals surface area contributed by atoms with Crippen LogP contribution in [0.15, 0.2) is 75.3 Å². The van der Waals surface area contributed by atoms with Gasteiger partial charge in [-0.2, -0.15) is 31.6 Å². The molecule has 2 heterocycles. The predicted molar refractivity (Wildman–Crippen MR) is 143 cm³/mol. The molecule has 0 spiro atoms. The Morgan fingerprint density at radius 2 is 1.20 bits per heavy atom. The minimum Gasteiger partial charge on any atom is -0.480 e. The molecule has 2 aliphatic rings. The second-order valence-corrected chi connectivity index (χ2v) is 9.62. The summed E-state index contributed by atoms with van der Waals surface area (Å²) in [7, 11) is 0. The van der Waals surface area contributed by atoms with Crippen molar-refractivity contribution in [2.45, 2.75) is 38.9 Å². The fraction of sp³-hybridized carbons (Fsp3) is 0.200. The molecule has 0 saturated heterocycles. The van der Waals surface area contributed by atoms with Crippen LogP contribution in [0.5, 0.6) is 0 Å². The molecule has 1 aromatic rings. The normalized spacial score (nSPS) is 16.6. The van der Waals surface area contributed by atoms with Gasteiger partial charge in [0.15, 0.2) is 22.7 Å². The first kappa shape index (κ1) is 29.2. The summed E-state index contributed by atoms with van der Waals surface area (Å²) in [5.74, 6) is -0.259. The zero-order valence-corrected chi connectivity index (χ0v) is 22.3. The zero-order valence-electron chi connectivity index (χ0n) is 22.3. The van der Waals surface area contributed by atoms with Crippen molar-refractivity contribution >= 4 is 17.8 Å². The first-order chi connectivity index (χ1) is 19.4. The molecule has 0 amide bonds. The van der Waals surface area contributed by atoms with E-state index in [2.05, 4.69) is 0 Å². The molecule has 0 N–H and O–H groups in total. The second kappa shape index (κ2) is 11.1. The van der Waals surface area contributed by atoms with Crippen molar-refractivity contribution < 1.29 is 14.4 Å². The Kier molecular flexibility index (Phi) is 7.93. The molecule has 0 aliphatic carbocycles. The van der Waals surface area contributed by atoms with E-state index in [1.165, 1.54) is 24.3 Å². The Balaban J connectivity index is 2.08. The van der Waals surface area contributed by atoms with E-state index >= 15 is 0 Å². The van der Waals surface area contributed by atoms with E-state index < -0.39 is 16.1 Å². The maximum absolute atomic E-state index is 11.9. The number of benzene rings is 1. The van der Waals surface area contributed by atoms with E-state index in [0.29, 0.717) is 16.7 Å². The third-order valence-electron chi connectivity index (χ3n) is 6.25. The predicted octanol–water partition coefficient (Wildman–Crippen LogP) is 5.48. The van der Waals surface area contributed by atoms with Gasteiger partial charge in [0.05, 0.1) is 10.5 Å². The minimum absolute atomic E-state index is 0.0149. The van der Waals surface area contributed by atoms with Gasteiger partial charge in [0.1, 0.15) is 58.8 Å². The highest BCUT2D eigenvalue weighted by atomic mass is 16.6. The molecule has 3 rings (SSSR count). The lowest BCUT2D eigenvalue weighted by atomic mass is 9.93. The van der Waals surface area contributed by atoms with Crippen LogP contribution < -0.4 is 0 Å². The van der Waals surface area contributed by atoms with Gasteiger partial charge in [-0.1, -0.05) is 24.3 Å². The van der Waals surface area contributed by atoms with Crippen LogP contribution in [0, 0.1) is 78.1 Å². The number of nitriles is 6. The molecule has 0 saturated carbocycles. The van der Waals surface area contributed by atoms with Gasteiger partial charge in [-0.15, -0.1) is 0 Å². The topological polar surface area (TPSA) is 204 Å². The summed E-state index contributed by atoms with van der Waals surface area (Å²) in [4.78, 5) is 11.4. The summed E-state index contributed by atoms with van der Waals surface area (Å²) in [6.07, 6.45) is 6.02. The molecule has 0 atom stereocenters. The van der Waals surface area contributed by atoms with Crippen LogP contribution >= 0.6 is 0 Å². The van der Waals surface area contributed by atoms with E-state index in [1.807, 2.05) is 12.1 Å². The molecule has 2 aliphatic heterocycles. The largest absolute Gasteiger partial charge is 0.480 e. The van der Waals surface area contributed by atoms with Crippen LogP contribution in [-0.4, -0.2) is 16.1 Å². The van der Waals surface area contributed by atoms with Gasteiger partial charge in [-0.05, 0) is 45.4 Å². The maximum Gasteiger partial charge on any atom is 0.277 e. The van der Waals surface area contributed by atoms with Crippen molar-refractivity contribution in [2.24, 2.45) is 0 Å². The number of nitro groups is 1. The quantitative estimate of drug-likeness (QED) is 0.260. The van der Waals surface area contributed by atoms with Crippen LogP contribution in [0.3, 0.4) is 0 Å². The highest BCUT2D eigenvalue weighted by Gasteiger charge is 2.39. The van der Waals surface area contributed by atoms with Crippen LogP contribution in [0.4, 0.5) is 5.69 Å². The fourth-order valence-corrected chi connectivity index (χ4v) is 4.28. The average molecular weight is 542 g/mol. The van der Waals surface area contributed by atoms with Gasteiger partial charge >= 0.3 is 0 Å². The Bertz CT molecular complexity index is 1790. The van der Waals surface area contributed by atoms with E-state index in [0.717, 1.165) is 0 Å². The lowest BCUT2D eigenvalue weighted by Crippen LogP contribution is -2.20. The van der Waals surface area contributed by atoms with Crippen LogP contribution in [-0.2, 0) is 9.47 Å². The molecule has 0 aromatic heterocycles. The Hall–Kier alpha value is -6.40. The van der Waals surface area contributed by atoms with Crippen molar-refractivity contribution in [2.75, 3.05) is 0 Å². The Morgan fingerprint density at radius 3 is 1.59 bits per heavy atom. The zero-order chi connectivity index (χ0) is 30.5. The van der Waals surface area contributed by atoms with Gasteiger partial charge in [0.25, 0.3) is 5.69 Å². The van der Waals surface area contributed by atoms with E-state index in [4.69, 9.17) is 9.47 Å². The molecular formula is C30H19N7O4. The number of nitro benzene ring substituents is 1. The Labute approximate surface area is 235 Å². The number of hydrogen-bond acceptors (Lipinski definition) is 10. The molecule has 1 aromatic carbocycles. The molecule has 0 fully saturated rings. The molecule has 0 bridgehead atoms. The molecular weight excluding hydrogens is 522 g/mol. The van der Waals surface area contributed by atoms with Gasteiger partial charge < -0.3 is 9.47 Å². The van der Waals surface area contributed by atoms with Crippen LogP contribution in [0.2, 0.25) is 0 Å². The van der Waals surface area contributed by atoms with Crippen LogP contribution in [0.25, 0.3) is 12.2 Å². The van der Waals surface area contributed by atoms with Crippen molar-refractivity contribution in [1.82, 2.24) is 0 Å². The number of allylic oxidation sites excluding steroid dienone is 4. The standard InChI is InChI=1S/C30H19N7O4/c1-29(2)24(22(16-35)27(40-29)20(12-31)13-32)9-6-18-5-7-19(26(11-18)37(38)39)8-10-25-23(17-36)28(21(14-33)15-34)41-30(25,3)4/h5-11H,1-4H3/b9-6+,10-8+. The van der Waals surface area contributed by atoms with Crippen molar-refractivity contribution in [1.29, 1.82) is 31.6 Å². The highest BCUT2D eigenvalue weighted by Crippen LogP contribution is 2.42. The van der Waals surface area contributed by atoms with E-state index in [1.54, 1.807) is 70.2 Å². The lowest BCUT2D eigenvalue weighted by molar-refractivity contribution is -0.385. The first-order valence-electron chi connectivity index (χ1n) is 11.8. The second-order valence-electron chi connectivity index (χ2n) is 9.62. The summed E-state index contributed by atoms with van der Waals surface area (Å²) in [5, 5.41) is 68.2. The number of hydrogen-bond donors (Lipinski definition) is 0. The van der Waals surface area contributed by atoms with Gasteiger partial charge in [-0.25, -0.2) is 0 Å². The van der Waals surface area contributed by atoms with E-state index in [9.17, 15) is 41.7 Å². The molecule has 11 nitrogen and oxygen atoms in total. The summed E-state index contributed by atoms with van der Waals surface area (Å²) < 4.78 is 11.4. The monoisotopic (exact) mass is 541 g/mol. The molecule has 0 radical (unpaired) electrons. The van der Waals surface area contributed by atoms with Gasteiger partial charge in [0.2, 0.25) is 0 Å². The Morgan fingerprint density at radius 1 is 0.756 bits per heavy atom. The smallest absolute Gasteiger partial charge is 0.277 e. The first-order valence-corrected chi connectivity index (χ1v) is 11.8. The lowest BCUT2D eigenvalue weighted by Gasteiger charge is -2.20. The summed E-state index contributed by atoms with van der Waals surface area (Å²) in [5.41, 5.74) is -1.70. The maximum atomic E-state index is 11.9. The third-order valence-corrected chi connectivity index (χ3v) is 6.25. The van der Waals surface area contributed by atoms with Crippen molar-refractivity contribution in [3.05, 3.63) is 96.5 Å². The third kappa shape index (κ3) is 5.43. The molecule has 198 valence electrons. The van der Waals surface area contributed by atoms with Gasteiger partial charge in [-0.3, -0.25) is 10.1 Å². The summed E-state index contributed by atoms with van der Waals surface area (Å²) >= 11 is 0. The summed E-state index contributed by atoms with van der Waals surface area (Å²) in [6, 6.07) is 15.2. The summed E-state index contributed by atoms with van der Waals surface area (Å²) in [6.45, 7) is 6.60. The number of nitrogens with zero attached hydrogens (tertiary/aromatic N) is 7. The molecule has 41 heavy (non-hydrogen) atoms. The minimum atomic E-state index is -1.08. The SMILES string of the molecule is CC1(C)OC(=C(C#N)C#N)C(C#N)=C1/C=C/c1ccc(/C=C/C2=C(C#N)C(=C(C#N)C#N)OC2(C)C)c([N+](=O)[O-])c1. The van der Waals surface area contributed by atoms with Crippen molar-refractivity contribution in [3.8, 4) is 36.4 Å². The number of rotatable bonds is 5. The average Bonchev–Trinajstić information content (AvgIpc) is 3.34. The highest BCUT2D eigenvalue weighted by molar-refractivity contribution is 5.71. The van der Waals surface area contributed by atoms with E-state index in [-0.39, 0.29) is 45.1 Å². The molecule has 0 unspecified atom stereocenters. The van der Waals surface area contributed by atoms with Gasteiger partial charge in [0, 0.05) is 17.2 Å². The molecule has 11 heteroatoms. The number of ether oxygens (including phenoxy) is 2.